The van der Waals surface area contributed by atoms with Gasteiger partial charge in [-0.25, -0.2) is 4.21 Å². The molecular weight excluding hydrogens is 363 g/mol. The molecule has 3 rings (SSSR count). The van der Waals surface area contributed by atoms with E-state index < -0.39 is 28.9 Å². The van der Waals surface area contributed by atoms with E-state index in [4.69, 9.17) is 0 Å². The molecule has 0 radical (unpaired) electrons. The molecule has 0 heterocycles. The van der Waals surface area contributed by atoms with Crippen LogP contribution in [0.4, 0.5) is 13.2 Å². The van der Waals surface area contributed by atoms with Crippen LogP contribution in [0.25, 0.3) is 0 Å². The highest BCUT2D eigenvalue weighted by Gasteiger charge is 2.39. The minimum Gasteiger partial charge on any atom is -0.342 e. The van der Waals surface area contributed by atoms with Crippen LogP contribution in [0.1, 0.15) is 42.9 Å². The highest BCUT2D eigenvalue weighted by Crippen LogP contribution is 2.40. The maximum atomic E-state index is 12.6. The Morgan fingerprint density at radius 2 is 1.54 bits per heavy atom. The second-order valence-electron chi connectivity index (χ2n) is 6.37. The lowest BCUT2D eigenvalue weighted by Crippen LogP contribution is -2.38. The van der Waals surface area contributed by atoms with E-state index in [9.17, 15) is 22.2 Å². The molecule has 7 heteroatoms. The first kappa shape index (κ1) is 18.6. The molecule has 1 aliphatic carbocycles. The van der Waals surface area contributed by atoms with Crippen molar-refractivity contribution in [1.82, 2.24) is 5.32 Å². The van der Waals surface area contributed by atoms with E-state index in [1.165, 1.54) is 25.3 Å². The summed E-state index contributed by atoms with van der Waals surface area (Å²) in [5.41, 5.74) is 1.77. The minimum atomic E-state index is -4.91. The molecular formula is C19H18F3NO2S. The Hall–Kier alpha value is -2.15. The van der Waals surface area contributed by atoms with E-state index in [0.717, 1.165) is 0 Å². The van der Waals surface area contributed by atoms with E-state index in [-0.39, 0.29) is 0 Å². The molecule has 1 amide bonds. The van der Waals surface area contributed by atoms with Crippen molar-refractivity contribution in [2.45, 2.75) is 47.7 Å². The van der Waals surface area contributed by atoms with E-state index >= 15 is 0 Å². The molecule has 0 aromatic heterocycles. The summed E-state index contributed by atoms with van der Waals surface area (Å²) in [6, 6.07) is 13.3. The Kier molecular flexibility index (Phi) is 5.18. The van der Waals surface area contributed by atoms with Crippen LogP contribution in [0.3, 0.4) is 0 Å². The highest BCUT2D eigenvalue weighted by atomic mass is 32.2. The average molecular weight is 381 g/mol. The van der Waals surface area contributed by atoms with Crippen LogP contribution in [0.2, 0.25) is 0 Å². The fraction of sp³-hybridized carbons (Fsp3) is 0.316. The van der Waals surface area contributed by atoms with Crippen molar-refractivity contribution in [1.29, 1.82) is 0 Å². The standard InChI is InChI=1S/C19H18F3NO2S/c1-12(23-18(24)19(20,21)22)13-4-8-16(9-5-13)26(25)17-10-6-15(7-11-17)14-2-3-14/h4-12,14H,2-3H2,1H3,(H,23,24)/t12-,26?/m0/s1. The van der Waals surface area contributed by atoms with Crippen molar-refractivity contribution in [2.24, 2.45) is 0 Å². The molecule has 1 unspecified atom stereocenters. The van der Waals surface area contributed by atoms with Gasteiger partial charge in [0.05, 0.1) is 16.8 Å². The average Bonchev–Trinajstić information content (AvgIpc) is 3.45. The predicted octanol–water partition coefficient (Wildman–Crippen LogP) is 4.47. The first-order valence-electron chi connectivity index (χ1n) is 8.25. The van der Waals surface area contributed by atoms with Crippen LogP contribution in [0, 0.1) is 0 Å². The molecule has 1 saturated carbocycles. The third-order valence-corrected chi connectivity index (χ3v) is 5.74. The summed E-state index contributed by atoms with van der Waals surface area (Å²) in [7, 11) is -1.36. The number of halogens is 3. The van der Waals surface area contributed by atoms with Gasteiger partial charge >= 0.3 is 12.1 Å². The fourth-order valence-corrected chi connectivity index (χ4v) is 3.70. The summed E-state index contributed by atoms with van der Waals surface area (Å²) in [4.78, 5) is 12.2. The Morgan fingerprint density at radius 3 is 2.00 bits per heavy atom. The van der Waals surface area contributed by atoms with Gasteiger partial charge in [-0.15, -0.1) is 0 Å². The van der Waals surface area contributed by atoms with E-state index in [1.54, 1.807) is 24.3 Å². The number of nitrogens with one attached hydrogen (secondary N) is 1. The number of alkyl halides is 3. The quantitative estimate of drug-likeness (QED) is 0.831. The summed E-state index contributed by atoms with van der Waals surface area (Å²) in [6.07, 6.45) is -2.51. The van der Waals surface area contributed by atoms with Crippen molar-refractivity contribution < 1.29 is 22.2 Å². The van der Waals surface area contributed by atoms with Crippen molar-refractivity contribution in [3.05, 3.63) is 59.7 Å². The number of benzene rings is 2. The largest absolute Gasteiger partial charge is 0.471 e. The van der Waals surface area contributed by atoms with Crippen LogP contribution in [-0.4, -0.2) is 16.3 Å². The van der Waals surface area contributed by atoms with Crippen LogP contribution in [0.5, 0.6) is 0 Å². The normalized spacial score (nSPS) is 16.8. The molecule has 0 bridgehead atoms. The van der Waals surface area contributed by atoms with Crippen LogP contribution in [0.15, 0.2) is 58.3 Å². The highest BCUT2D eigenvalue weighted by molar-refractivity contribution is 7.85. The molecule has 2 aromatic carbocycles. The number of hydrogen-bond donors (Lipinski definition) is 1. The smallest absolute Gasteiger partial charge is 0.342 e. The zero-order chi connectivity index (χ0) is 18.9. The number of carbonyl (C=O) groups is 1. The Bertz CT molecular complexity index is 812. The maximum Gasteiger partial charge on any atom is 0.471 e. The van der Waals surface area contributed by atoms with E-state index in [0.29, 0.717) is 21.3 Å². The van der Waals surface area contributed by atoms with Crippen molar-refractivity contribution in [3.8, 4) is 0 Å². The number of rotatable bonds is 5. The van der Waals surface area contributed by atoms with Gasteiger partial charge in [0.15, 0.2) is 0 Å². The predicted molar refractivity (Wildman–Crippen MR) is 92.1 cm³/mol. The molecule has 26 heavy (non-hydrogen) atoms. The lowest BCUT2D eigenvalue weighted by molar-refractivity contribution is -0.174. The van der Waals surface area contributed by atoms with Gasteiger partial charge in [0.2, 0.25) is 0 Å². The summed E-state index contributed by atoms with van der Waals surface area (Å²) in [5.74, 6) is -1.35. The molecule has 2 aromatic rings. The topological polar surface area (TPSA) is 46.2 Å². The zero-order valence-corrected chi connectivity index (χ0v) is 14.9. The Morgan fingerprint density at radius 1 is 1.04 bits per heavy atom. The third-order valence-electron chi connectivity index (χ3n) is 4.34. The summed E-state index contributed by atoms with van der Waals surface area (Å²) in [5, 5.41) is 1.90. The van der Waals surface area contributed by atoms with Crippen LogP contribution < -0.4 is 5.32 Å². The van der Waals surface area contributed by atoms with E-state index in [1.807, 2.05) is 29.6 Å². The fourth-order valence-electron chi connectivity index (χ4n) is 2.66. The second-order valence-corrected chi connectivity index (χ2v) is 7.85. The van der Waals surface area contributed by atoms with Gasteiger partial charge in [-0.3, -0.25) is 4.79 Å². The lowest BCUT2D eigenvalue weighted by Gasteiger charge is -2.16. The number of amides is 1. The molecule has 0 saturated heterocycles. The van der Waals surface area contributed by atoms with Gasteiger partial charge in [0, 0.05) is 9.79 Å². The van der Waals surface area contributed by atoms with Crippen LogP contribution in [-0.2, 0) is 15.6 Å². The van der Waals surface area contributed by atoms with Crippen molar-refractivity contribution in [3.63, 3.8) is 0 Å². The van der Waals surface area contributed by atoms with Gasteiger partial charge in [0.25, 0.3) is 0 Å². The summed E-state index contributed by atoms with van der Waals surface area (Å²) >= 11 is 0. The molecule has 138 valence electrons. The number of hydrogen-bond acceptors (Lipinski definition) is 2. The SMILES string of the molecule is C[C@H](NC(=O)C(F)(F)F)c1ccc(S(=O)c2ccc(C3CC3)cc2)cc1. The van der Waals surface area contributed by atoms with Crippen molar-refractivity contribution in [2.75, 3.05) is 0 Å². The minimum absolute atomic E-state index is 0.507. The Balaban J connectivity index is 1.68. The second kappa shape index (κ2) is 7.23. The van der Waals surface area contributed by atoms with Gasteiger partial charge in [-0.2, -0.15) is 13.2 Å². The lowest BCUT2D eigenvalue weighted by atomic mass is 10.1. The van der Waals surface area contributed by atoms with Gasteiger partial charge in [-0.1, -0.05) is 24.3 Å². The van der Waals surface area contributed by atoms with Gasteiger partial charge in [-0.05, 0) is 61.1 Å². The molecule has 1 N–H and O–H groups in total. The molecule has 1 fully saturated rings. The zero-order valence-electron chi connectivity index (χ0n) is 14.0. The van der Waals surface area contributed by atoms with Gasteiger partial charge in [0.1, 0.15) is 0 Å². The molecule has 0 spiro atoms. The third kappa shape index (κ3) is 4.33. The van der Waals surface area contributed by atoms with Crippen molar-refractivity contribution >= 4 is 16.7 Å². The maximum absolute atomic E-state index is 12.6. The molecule has 2 atom stereocenters. The number of carbonyl (C=O) groups excluding carboxylic acids is 1. The summed E-state index contributed by atoms with van der Waals surface area (Å²) < 4.78 is 49.6. The molecule has 1 aliphatic rings. The Labute approximate surface area is 152 Å². The van der Waals surface area contributed by atoms with E-state index in [2.05, 4.69) is 0 Å². The molecule has 0 aliphatic heterocycles. The first-order valence-corrected chi connectivity index (χ1v) is 9.40. The summed E-state index contributed by atoms with van der Waals surface area (Å²) in [6.45, 7) is 1.46. The first-order chi connectivity index (χ1) is 12.3. The van der Waals surface area contributed by atoms with Gasteiger partial charge < -0.3 is 5.32 Å². The monoisotopic (exact) mass is 381 g/mol. The molecule has 3 nitrogen and oxygen atoms in total. The van der Waals surface area contributed by atoms with Crippen LogP contribution >= 0.6 is 0 Å².